The van der Waals surface area contributed by atoms with Gasteiger partial charge in [0.2, 0.25) is 0 Å². The van der Waals surface area contributed by atoms with Crippen LogP contribution in [0.2, 0.25) is 0 Å². The first-order chi connectivity index (χ1) is 10.0. The predicted molar refractivity (Wildman–Crippen MR) is 82.9 cm³/mol. The molecule has 1 N–H and O–H groups in total. The standard InChI is InChI=1S/C18H25NO2/c1-4-14-8-7-11-18(12-14,13-19)17(2,20)15-9-5-6-10-16(15)21-3/h5-6,9-10,14,20H,4,7-8,11-12H2,1-3H3. The Balaban J connectivity index is 2.46. The largest absolute Gasteiger partial charge is 0.496 e. The molecule has 21 heavy (non-hydrogen) atoms. The zero-order valence-electron chi connectivity index (χ0n) is 13.2. The third-order valence-electron chi connectivity index (χ3n) is 5.21. The fourth-order valence-electron chi connectivity index (χ4n) is 3.70. The third-order valence-corrected chi connectivity index (χ3v) is 5.21. The molecule has 0 saturated heterocycles. The van der Waals surface area contributed by atoms with E-state index in [1.165, 1.54) is 0 Å². The van der Waals surface area contributed by atoms with E-state index in [2.05, 4.69) is 13.0 Å². The molecule has 3 heteroatoms. The van der Waals surface area contributed by atoms with Gasteiger partial charge in [-0.3, -0.25) is 0 Å². The molecule has 0 heterocycles. The van der Waals surface area contributed by atoms with Gasteiger partial charge >= 0.3 is 0 Å². The van der Waals surface area contributed by atoms with Crippen molar-refractivity contribution in [1.29, 1.82) is 5.26 Å². The van der Waals surface area contributed by atoms with Gasteiger partial charge in [-0.25, -0.2) is 0 Å². The minimum atomic E-state index is -1.21. The van der Waals surface area contributed by atoms with Gasteiger partial charge in [0, 0.05) is 5.56 Å². The first kappa shape index (κ1) is 15.9. The zero-order valence-corrected chi connectivity index (χ0v) is 13.2. The van der Waals surface area contributed by atoms with E-state index < -0.39 is 11.0 Å². The minimum absolute atomic E-state index is 0.514. The summed E-state index contributed by atoms with van der Waals surface area (Å²) in [6, 6.07) is 9.95. The van der Waals surface area contributed by atoms with Crippen LogP contribution in [0.25, 0.3) is 0 Å². The van der Waals surface area contributed by atoms with Crippen molar-refractivity contribution in [2.24, 2.45) is 11.3 Å². The highest BCUT2D eigenvalue weighted by Crippen LogP contribution is 2.53. The first-order valence-electron chi connectivity index (χ1n) is 7.78. The van der Waals surface area contributed by atoms with E-state index >= 15 is 0 Å². The van der Waals surface area contributed by atoms with E-state index in [9.17, 15) is 10.4 Å². The number of hydrogen-bond donors (Lipinski definition) is 1. The second-order valence-electron chi connectivity index (χ2n) is 6.34. The molecule has 1 saturated carbocycles. The van der Waals surface area contributed by atoms with Crippen molar-refractivity contribution in [3.8, 4) is 11.8 Å². The first-order valence-corrected chi connectivity index (χ1v) is 7.78. The summed E-state index contributed by atoms with van der Waals surface area (Å²) in [6.07, 6.45) is 4.71. The minimum Gasteiger partial charge on any atom is -0.496 e. The van der Waals surface area contributed by atoms with Crippen LogP contribution in [0.5, 0.6) is 5.75 Å². The lowest BCUT2D eigenvalue weighted by molar-refractivity contribution is -0.0750. The molecule has 1 aliphatic rings. The van der Waals surface area contributed by atoms with Crippen LogP contribution in [0.15, 0.2) is 24.3 Å². The summed E-state index contributed by atoms with van der Waals surface area (Å²) in [7, 11) is 1.60. The van der Waals surface area contributed by atoms with E-state index in [1.807, 2.05) is 24.3 Å². The van der Waals surface area contributed by atoms with E-state index in [0.29, 0.717) is 17.2 Å². The number of hydrogen-bond acceptors (Lipinski definition) is 3. The molecule has 0 aromatic heterocycles. The summed E-state index contributed by atoms with van der Waals surface area (Å²) in [5.41, 5.74) is -1.23. The number of benzene rings is 1. The SMILES string of the molecule is CCC1CCCC(C#N)(C(C)(O)c2ccccc2OC)C1. The summed E-state index contributed by atoms with van der Waals surface area (Å²) in [6.45, 7) is 3.93. The van der Waals surface area contributed by atoms with Crippen molar-refractivity contribution in [1.82, 2.24) is 0 Å². The lowest BCUT2D eigenvalue weighted by atomic mass is 9.59. The van der Waals surface area contributed by atoms with Crippen molar-refractivity contribution in [3.05, 3.63) is 29.8 Å². The van der Waals surface area contributed by atoms with Crippen molar-refractivity contribution >= 4 is 0 Å². The fraction of sp³-hybridized carbons (Fsp3) is 0.611. The van der Waals surface area contributed by atoms with Gasteiger partial charge in [-0.2, -0.15) is 5.26 Å². The van der Waals surface area contributed by atoms with Crippen LogP contribution in [-0.2, 0) is 5.60 Å². The number of ether oxygens (including phenoxy) is 1. The number of aliphatic hydroxyl groups is 1. The number of rotatable bonds is 4. The summed E-state index contributed by atoms with van der Waals surface area (Å²) >= 11 is 0. The predicted octanol–water partition coefficient (Wildman–Crippen LogP) is 4.01. The molecule has 2 rings (SSSR count). The highest BCUT2D eigenvalue weighted by molar-refractivity contribution is 5.40. The summed E-state index contributed by atoms with van der Waals surface area (Å²) in [5, 5.41) is 21.1. The van der Waals surface area contributed by atoms with Crippen LogP contribution in [0, 0.1) is 22.7 Å². The van der Waals surface area contributed by atoms with Gasteiger partial charge in [-0.1, -0.05) is 44.4 Å². The number of methoxy groups -OCH3 is 1. The van der Waals surface area contributed by atoms with Crippen molar-refractivity contribution in [3.63, 3.8) is 0 Å². The molecule has 0 amide bonds. The smallest absolute Gasteiger partial charge is 0.124 e. The van der Waals surface area contributed by atoms with Crippen LogP contribution in [0.1, 0.15) is 51.5 Å². The highest BCUT2D eigenvalue weighted by atomic mass is 16.5. The summed E-state index contributed by atoms with van der Waals surface area (Å²) in [4.78, 5) is 0. The van der Waals surface area contributed by atoms with Gasteiger partial charge < -0.3 is 9.84 Å². The maximum Gasteiger partial charge on any atom is 0.124 e. The Labute approximate surface area is 127 Å². The Hall–Kier alpha value is -1.53. The molecule has 114 valence electrons. The van der Waals surface area contributed by atoms with Gasteiger partial charge in [0.1, 0.15) is 11.4 Å². The fourth-order valence-corrected chi connectivity index (χ4v) is 3.70. The number of nitrogens with zero attached hydrogens (tertiary/aromatic N) is 1. The van der Waals surface area contributed by atoms with Gasteiger partial charge in [0.25, 0.3) is 0 Å². The van der Waals surface area contributed by atoms with Crippen molar-refractivity contribution in [2.75, 3.05) is 7.11 Å². The molecule has 3 atom stereocenters. The Bertz CT molecular complexity index is 532. The molecule has 0 radical (unpaired) electrons. The normalized spacial score (nSPS) is 28.4. The number of nitriles is 1. The number of para-hydroxylation sites is 1. The summed E-state index contributed by atoms with van der Waals surface area (Å²) < 4.78 is 5.40. The zero-order chi connectivity index (χ0) is 15.5. The van der Waals surface area contributed by atoms with E-state index in [1.54, 1.807) is 14.0 Å². The Morgan fingerprint density at radius 3 is 2.81 bits per heavy atom. The van der Waals surface area contributed by atoms with E-state index in [0.717, 1.165) is 32.1 Å². The highest BCUT2D eigenvalue weighted by Gasteiger charge is 2.51. The molecule has 0 bridgehead atoms. The van der Waals surface area contributed by atoms with Crippen molar-refractivity contribution < 1.29 is 9.84 Å². The molecule has 0 aliphatic heterocycles. The monoisotopic (exact) mass is 287 g/mol. The van der Waals surface area contributed by atoms with Crippen molar-refractivity contribution in [2.45, 2.75) is 51.6 Å². The van der Waals surface area contributed by atoms with Crippen LogP contribution < -0.4 is 4.74 Å². The van der Waals surface area contributed by atoms with Crippen LogP contribution in [-0.4, -0.2) is 12.2 Å². The van der Waals surface area contributed by atoms with Gasteiger partial charge in [-0.05, 0) is 31.7 Å². The topological polar surface area (TPSA) is 53.2 Å². The molecule has 1 aromatic carbocycles. The Morgan fingerprint density at radius 1 is 1.48 bits per heavy atom. The van der Waals surface area contributed by atoms with Crippen LogP contribution >= 0.6 is 0 Å². The molecule has 1 aromatic rings. The molecule has 3 nitrogen and oxygen atoms in total. The third kappa shape index (κ3) is 2.65. The lowest BCUT2D eigenvalue weighted by Crippen LogP contribution is -2.46. The van der Waals surface area contributed by atoms with Crippen LogP contribution in [0.3, 0.4) is 0 Å². The lowest BCUT2D eigenvalue weighted by Gasteiger charge is -2.45. The van der Waals surface area contributed by atoms with Gasteiger partial charge in [-0.15, -0.1) is 0 Å². The summed E-state index contributed by atoms with van der Waals surface area (Å²) in [5.74, 6) is 1.16. The maximum absolute atomic E-state index is 11.3. The second kappa shape index (κ2) is 6.07. The molecule has 1 aliphatic carbocycles. The van der Waals surface area contributed by atoms with Crippen LogP contribution in [0.4, 0.5) is 0 Å². The maximum atomic E-state index is 11.3. The molecular weight excluding hydrogens is 262 g/mol. The molecule has 1 fully saturated rings. The molecular formula is C18H25NO2. The second-order valence-corrected chi connectivity index (χ2v) is 6.34. The van der Waals surface area contributed by atoms with E-state index in [4.69, 9.17) is 4.74 Å². The average Bonchev–Trinajstić information content (AvgIpc) is 2.54. The average molecular weight is 287 g/mol. The van der Waals surface area contributed by atoms with E-state index in [-0.39, 0.29) is 0 Å². The molecule has 3 unspecified atom stereocenters. The Morgan fingerprint density at radius 2 is 2.19 bits per heavy atom. The molecule has 0 spiro atoms. The van der Waals surface area contributed by atoms with Gasteiger partial charge in [0.05, 0.1) is 18.6 Å². The Kier molecular flexibility index (Phi) is 4.58. The van der Waals surface area contributed by atoms with Gasteiger partial charge in [0.15, 0.2) is 0 Å². The quantitative estimate of drug-likeness (QED) is 0.910.